The number of halogens is 2. The highest BCUT2D eigenvalue weighted by atomic mass is 35.5. The van der Waals surface area contributed by atoms with Crippen LogP contribution < -0.4 is 5.32 Å². The van der Waals surface area contributed by atoms with Gasteiger partial charge >= 0.3 is 0 Å². The largest absolute Gasteiger partial charge is 0.309 e. The molecule has 0 spiro atoms. The van der Waals surface area contributed by atoms with Crippen molar-refractivity contribution in [3.05, 3.63) is 28.1 Å². The standard InChI is InChI=1S/C11H11Cl2N5OS/c1-6-16-17-11(18(6)2)20-5-9(19)15-10-8(13)3-7(12)4-14-10/h3-4H,5H2,1-2H3,(H,14,15,19). The number of aromatic nitrogens is 4. The van der Waals surface area contributed by atoms with Gasteiger partial charge in [-0.3, -0.25) is 4.79 Å². The lowest BCUT2D eigenvalue weighted by Gasteiger charge is -2.06. The monoisotopic (exact) mass is 331 g/mol. The number of thioether (sulfide) groups is 1. The molecule has 2 aromatic heterocycles. The normalized spacial score (nSPS) is 10.6. The van der Waals surface area contributed by atoms with Crippen molar-refractivity contribution in [1.82, 2.24) is 19.7 Å². The van der Waals surface area contributed by atoms with Crippen molar-refractivity contribution in [3.63, 3.8) is 0 Å². The van der Waals surface area contributed by atoms with Crippen LogP contribution >= 0.6 is 35.0 Å². The first-order valence-electron chi connectivity index (χ1n) is 5.57. The van der Waals surface area contributed by atoms with Crippen molar-refractivity contribution in [3.8, 4) is 0 Å². The molecule has 106 valence electrons. The Kier molecular flexibility index (Phi) is 4.85. The second-order valence-corrected chi connectivity index (χ2v) is 5.70. The van der Waals surface area contributed by atoms with Gasteiger partial charge in [0.15, 0.2) is 11.0 Å². The van der Waals surface area contributed by atoms with E-state index in [-0.39, 0.29) is 17.5 Å². The number of rotatable bonds is 4. The van der Waals surface area contributed by atoms with Crippen LogP contribution in [0, 0.1) is 6.92 Å². The van der Waals surface area contributed by atoms with Gasteiger partial charge in [0.1, 0.15) is 5.82 Å². The average molecular weight is 332 g/mol. The minimum absolute atomic E-state index is 0.187. The maximum absolute atomic E-state index is 11.8. The lowest BCUT2D eigenvalue weighted by Crippen LogP contribution is -2.15. The van der Waals surface area contributed by atoms with E-state index in [1.165, 1.54) is 24.0 Å². The number of hydrogen-bond acceptors (Lipinski definition) is 5. The smallest absolute Gasteiger partial charge is 0.236 e. The number of nitrogens with one attached hydrogen (secondary N) is 1. The summed E-state index contributed by atoms with van der Waals surface area (Å²) in [6.45, 7) is 1.84. The zero-order valence-corrected chi connectivity index (χ0v) is 13.1. The van der Waals surface area contributed by atoms with Gasteiger partial charge in [-0.2, -0.15) is 0 Å². The van der Waals surface area contributed by atoms with E-state index < -0.39 is 0 Å². The number of aryl methyl sites for hydroxylation is 1. The number of anilines is 1. The highest BCUT2D eigenvalue weighted by Crippen LogP contribution is 2.23. The van der Waals surface area contributed by atoms with Crippen LogP contribution in [0.3, 0.4) is 0 Å². The number of nitrogens with zero attached hydrogens (tertiary/aromatic N) is 4. The summed E-state index contributed by atoms with van der Waals surface area (Å²) in [5.41, 5.74) is 0. The zero-order chi connectivity index (χ0) is 14.7. The molecule has 0 bridgehead atoms. The van der Waals surface area contributed by atoms with E-state index in [2.05, 4.69) is 20.5 Å². The Morgan fingerprint density at radius 1 is 1.45 bits per heavy atom. The Morgan fingerprint density at radius 3 is 2.80 bits per heavy atom. The van der Waals surface area contributed by atoms with E-state index in [9.17, 15) is 4.79 Å². The zero-order valence-electron chi connectivity index (χ0n) is 10.7. The molecule has 2 heterocycles. The predicted octanol–water partition coefficient (Wildman–Crippen LogP) is 2.56. The Hall–Kier alpha value is -1.31. The first-order chi connectivity index (χ1) is 9.47. The molecule has 0 aliphatic rings. The fourth-order valence-corrected chi connectivity index (χ4v) is 2.50. The van der Waals surface area contributed by atoms with Crippen molar-refractivity contribution in [2.45, 2.75) is 12.1 Å². The molecule has 1 amide bonds. The number of hydrogen-bond donors (Lipinski definition) is 1. The summed E-state index contributed by atoms with van der Waals surface area (Å²) in [7, 11) is 1.84. The van der Waals surface area contributed by atoms with Crippen LogP contribution in [0.2, 0.25) is 10.0 Å². The Labute approximate surface area is 129 Å². The molecule has 0 atom stereocenters. The minimum Gasteiger partial charge on any atom is -0.309 e. The predicted molar refractivity (Wildman–Crippen MR) is 79.4 cm³/mol. The Bertz CT molecular complexity index is 646. The minimum atomic E-state index is -0.229. The fourth-order valence-electron chi connectivity index (χ4n) is 1.32. The van der Waals surface area contributed by atoms with E-state index in [0.29, 0.717) is 15.2 Å². The Balaban J connectivity index is 1.94. The lowest BCUT2D eigenvalue weighted by atomic mass is 10.4. The molecule has 20 heavy (non-hydrogen) atoms. The summed E-state index contributed by atoms with van der Waals surface area (Å²) >= 11 is 12.9. The first-order valence-corrected chi connectivity index (χ1v) is 7.31. The van der Waals surface area contributed by atoms with E-state index in [0.717, 1.165) is 5.82 Å². The van der Waals surface area contributed by atoms with Crippen LogP contribution in [-0.2, 0) is 11.8 Å². The molecule has 0 aliphatic carbocycles. The first kappa shape index (κ1) is 15.1. The molecule has 0 saturated heterocycles. The highest BCUT2D eigenvalue weighted by molar-refractivity contribution is 7.99. The summed E-state index contributed by atoms with van der Waals surface area (Å²) in [6, 6.07) is 1.52. The van der Waals surface area contributed by atoms with Gasteiger partial charge in [0.25, 0.3) is 0 Å². The number of amides is 1. The molecule has 0 aromatic carbocycles. The van der Waals surface area contributed by atoms with Gasteiger partial charge in [-0.15, -0.1) is 10.2 Å². The quantitative estimate of drug-likeness (QED) is 0.871. The van der Waals surface area contributed by atoms with Crippen molar-refractivity contribution >= 4 is 46.7 Å². The third kappa shape index (κ3) is 3.62. The van der Waals surface area contributed by atoms with Crippen LogP contribution in [0.4, 0.5) is 5.82 Å². The Morgan fingerprint density at radius 2 is 2.20 bits per heavy atom. The van der Waals surface area contributed by atoms with Gasteiger partial charge in [0.2, 0.25) is 5.91 Å². The van der Waals surface area contributed by atoms with Gasteiger partial charge in [-0.05, 0) is 13.0 Å². The fraction of sp³-hybridized carbons (Fsp3) is 0.273. The summed E-state index contributed by atoms with van der Waals surface area (Å²) in [5.74, 6) is 1.03. The SMILES string of the molecule is Cc1nnc(SCC(=O)Nc2ncc(Cl)cc2Cl)n1C. The topological polar surface area (TPSA) is 72.7 Å². The van der Waals surface area contributed by atoms with Crippen LogP contribution in [0.25, 0.3) is 0 Å². The van der Waals surface area contributed by atoms with Crippen LogP contribution in [-0.4, -0.2) is 31.4 Å². The lowest BCUT2D eigenvalue weighted by molar-refractivity contribution is -0.113. The van der Waals surface area contributed by atoms with Gasteiger partial charge < -0.3 is 9.88 Å². The highest BCUT2D eigenvalue weighted by Gasteiger charge is 2.11. The average Bonchev–Trinajstić information content (AvgIpc) is 2.71. The van der Waals surface area contributed by atoms with E-state index in [1.807, 2.05) is 18.5 Å². The van der Waals surface area contributed by atoms with Gasteiger partial charge in [0, 0.05) is 13.2 Å². The molecule has 1 N–H and O–H groups in total. The number of carbonyl (C=O) groups is 1. The van der Waals surface area contributed by atoms with E-state index in [1.54, 1.807) is 0 Å². The van der Waals surface area contributed by atoms with Crippen LogP contribution in [0.1, 0.15) is 5.82 Å². The second kappa shape index (κ2) is 6.43. The molecule has 0 aliphatic heterocycles. The van der Waals surface area contributed by atoms with E-state index >= 15 is 0 Å². The van der Waals surface area contributed by atoms with Crippen LogP contribution in [0.15, 0.2) is 17.4 Å². The third-order valence-electron chi connectivity index (χ3n) is 2.45. The van der Waals surface area contributed by atoms with Crippen molar-refractivity contribution < 1.29 is 4.79 Å². The molecule has 2 rings (SSSR count). The summed E-state index contributed by atoms with van der Waals surface area (Å²) in [6.07, 6.45) is 1.42. The molecule has 0 unspecified atom stereocenters. The third-order valence-corrected chi connectivity index (χ3v) is 3.97. The molecule has 6 nitrogen and oxygen atoms in total. The van der Waals surface area contributed by atoms with Crippen molar-refractivity contribution in [2.24, 2.45) is 7.05 Å². The van der Waals surface area contributed by atoms with Crippen molar-refractivity contribution in [1.29, 1.82) is 0 Å². The number of carbonyl (C=O) groups excluding carboxylic acids is 1. The molecule has 9 heteroatoms. The van der Waals surface area contributed by atoms with Crippen molar-refractivity contribution in [2.75, 3.05) is 11.1 Å². The maximum Gasteiger partial charge on any atom is 0.236 e. The molecular formula is C11H11Cl2N5OS. The molecule has 0 saturated carbocycles. The maximum atomic E-state index is 11.8. The van der Waals surface area contributed by atoms with E-state index in [4.69, 9.17) is 23.2 Å². The van der Waals surface area contributed by atoms with Gasteiger partial charge in [0.05, 0.1) is 15.8 Å². The van der Waals surface area contributed by atoms with Gasteiger partial charge in [-0.25, -0.2) is 4.98 Å². The summed E-state index contributed by atoms with van der Waals surface area (Å²) in [4.78, 5) is 15.8. The second-order valence-electron chi connectivity index (χ2n) is 3.91. The number of pyridine rings is 1. The molecule has 0 radical (unpaired) electrons. The summed E-state index contributed by atoms with van der Waals surface area (Å²) in [5, 5.41) is 11.9. The molecule has 2 aromatic rings. The van der Waals surface area contributed by atoms with Gasteiger partial charge in [-0.1, -0.05) is 35.0 Å². The molecular weight excluding hydrogens is 321 g/mol. The van der Waals surface area contributed by atoms with Crippen LogP contribution in [0.5, 0.6) is 0 Å². The molecule has 0 fully saturated rings. The summed E-state index contributed by atoms with van der Waals surface area (Å²) < 4.78 is 1.81.